The fourth-order valence-corrected chi connectivity index (χ4v) is 4.27. The number of nitrogens with zero attached hydrogens (tertiary/aromatic N) is 4. The predicted molar refractivity (Wildman–Crippen MR) is 111 cm³/mol. The van der Waals surface area contributed by atoms with Gasteiger partial charge in [-0.2, -0.15) is 5.10 Å². The van der Waals surface area contributed by atoms with Crippen molar-refractivity contribution < 1.29 is 4.79 Å². The molecule has 0 radical (unpaired) electrons. The number of hydrogen-bond donors (Lipinski definition) is 1. The van der Waals surface area contributed by atoms with Gasteiger partial charge in [-0.3, -0.25) is 9.48 Å². The van der Waals surface area contributed by atoms with Crippen molar-refractivity contribution in [3.8, 4) is 0 Å². The molecule has 0 unspecified atom stereocenters. The van der Waals surface area contributed by atoms with E-state index in [2.05, 4.69) is 28.0 Å². The Labute approximate surface area is 166 Å². The van der Waals surface area contributed by atoms with E-state index >= 15 is 0 Å². The molecule has 1 aliphatic carbocycles. The molecular formula is C22H29N5O. The monoisotopic (exact) mass is 379 g/mol. The van der Waals surface area contributed by atoms with Crippen molar-refractivity contribution in [2.75, 3.05) is 5.32 Å². The third kappa shape index (κ3) is 3.81. The lowest BCUT2D eigenvalue weighted by molar-refractivity contribution is -0.120. The molecule has 0 aliphatic heterocycles. The van der Waals surface area contributed by atoms with Crippen LogP contribution in [0.3, 0.4) is 0 Å². The first-order valence-electron chi connectivity index (χ1n) is 10.3. The van der Waals surface area contributed by atoms with Crippen molar-refractivity contribution in [2.24, 2.45) is 13.0 Å². The molecule has 4 rings (SSSR count). The van der Waals surface area contributed by atoms with E-state index in [0.717, 1.165) is 66.9 Å². The highest BCUT2D eigenvalue weighted by molar-refractivity contribution is 5.94. The van der Waals surface area contributed by atoms with Gasteiger partial charge in [0.05, 0.1) is 16.7 Å². The molecular weight excluding hydrogens is 350 g/mol. The van der Waals surface area contributed by atoms with Gasteiger partial charge in [-0.1, -0.05) is 19.3 Å². The lowest BCUT2D eigenvalue weighted by Crippen LogP contribution is -2.24. The highest BCUT2D eigenvalue weighted by Crippen LogP contribution is 2.26. The molecule has 2 aromatic heterocycles. The van der Waals surface area contributed by atoms with E-state index in [1.54, 1.807) is 0 Å². The quantitative estimate of drug-likeness (QED) is 0.724. The number of benzene rings is 1. The minimum Gasteiger partial charge on any atom is -0.331 e. The molecule has 0 bridgehead atoms. The van der Waals surface area contributed by atoms with Crippen LogP contribution in [0.1, 0.15) is 49.3 Å². The minimum atomic E-state index is 0.153. The first-order chi connectivity index (χ1) is 13.5. The van der Waals surface area contributed by atoms with Gasteiger partial charge in [-0.15, -0.1) is 0 Å². The second kappa shape index (κ2) is 7.78. The Kier molecular flexibility index (Phi) is 5.20. The summed E-state index contributed by atoms with van der Waals surface area (Å²) in [5, 5.41) is 7.63. The Bertz CT molecular complexity index is 994. The van der Waals surface area contributed by atoms with Crippen molar-refractivity contribution in [3.63, 3.8) is 0 Å². The zero-order valence-corrected chi connectivity index (χ0v) is 17.0. The number of nitrogens with one attached hydrogen (secondary N) is 1. The van der Waals surface area contributed by atoms with E-state index in [0.29, 0.717) is 0 Å². The van der Waals surface area contributed by atoms with Crippen molar-refractivity contribution in [1.82, 2.24) is 19.3 Å². The maximum absolute atomic E-state index is 12.5. The van der Waals surface area contributed by atoms with Gasteiger partial charge >= 0.3 is 0 Å². The number of fused-ring (bicyclic) bond motifs is 1. The van der Waals surface area contributed by atoms with Crippen LogP contribution in [0.5, 0.6) is 0 Å². The fourth-order valence-electron chi connectivity index (χ4n) is 4.27. The number of amides is 1. The molecule has 1 aromatic carbocycles. The molecule has 2 heterocycles. The molecule has 0 spiro atoms. The molecule has 148 valence electrons. The Morgan fingerprint density at radius 3 is 2.68 bits per heavy atom. The molecule has 6 nitrogen and oxygen atoms in total. The predicted octanol–water partition coefficient (Wildman–Crippen LogP) is 4.15. The van der Waals surface area contributed by atoms with E-state index in [4.69, 9.17) is 4.98 Å². The molecule has 3 aromatic rings. The number of aryl methyl sites for hydroxylation is 5. The van der Waals surface area contributed by atoms with E-state index < -0.39 is 0 Å². The van der Waals surface area contributed by atoms with Gasteiger partial charge in [-0.05, 0) is 51.0 Å². The summed E-state index contributed by atoms with van der Waals surface area (Å²) in [4.78, 5) is 17.3. The van der Waals surface area contributed by atoms with Crippen LogP contribution in [-0.4, -0.2) is 25.2 Å². The second-order valence-corrected chi connectivity index (χ2v) is 8.01. The molecule has 1 N–H and O–H groups in total. The third-order valence-electron chi connectivity index (χ3n) is 5.87. The summed E-state index contributed by atoms with van der Waals surface area (Å²) in [6, 6.07) is 8.11. The topological polar surface area (TPSA) is 64.7 Å². The first kappa shape index (κ1) is 18.7. The number of hydrogen-bond acceptors (Lipinski definition) is 3. The molecule has 1 amide bonds. The van der Waals surface area contributed by atoms with Gasteiger partial charge in [0.1, 0.15) is 5.82 Å². The normalized spacial score (nSPS) is 15.2. The van der Waals surface area contributed by atoms with Crippen LogP contribution in [0.2, 0.25) is 0 Å². The summed E-state index contributed by atoms with van der Waals surface area (Å²) < 4.78 is 4.16. The zero-order valence-electron chi connectivity index (χ0n) is 17.0. The molecule has 1 fully saturated rings. The zero-order chi connectivity index (χ0) is 19.7. The maximum atomic E-state index is 12.5. The standard InChI is InChI=1S/C22H29N5O/c1-15-13-16(2)27(25-15)12-11-21-24-19-14-18(9-10-20(19)26(21)3)23-22(28)17-7-5-4-6-8-17/h9-10,13-14,17H,4-8,11-12H2,1-3H3,(H,23,28). The van der Waals surface area contributed by atoms with E-state index in [-0.39, 0.29) is 11.8 Å². The Morgan fingerprint density at radius 2 is 1.96 bits per heavy atom. The van der Waals surface area contributed by atoms with Crippen molar-refractivity contribution in [2.45, 2.75) is 58.9 Å². The number of carbonyl (C=O) groups is 1. The highest BCUT2D eigenvalue weighted by atomic mass is 16.1. The maximum Gasteiger partial charge on any atom is 0.227 e. The van der Waals surface area contributed by atoms with E-state index in [9.17, 15) is 4.79 Å². The number of aromatic nitrogens is 4. The van der Waals surface area contributed by atoms with E-state index in [1.165, 1.54) is 12.1 Å². The number of rotatable bonds is 5. The van der Waals surface area contributed by atoms with E-state index in [1.807, 2.05) is 36.9 Å². The van der Waals surface area contributed by atoms with Gasteiger partial charge < -0.3 is 9.88 Å². The molecule has 0 atom stereocenters. The molecule has 1 saturated carbocycles. The Hall–Kier alpha value is -2.63. The van der Waals surface area contributed by atoms with Crippen molar-refractivity contribution >= 4 is 22.6 Å². The number of anilines is 1. The van der Waals surface area contributed by atoms with Gasteiger partial charge in [0.25, 0.3) is 0 Å². The summed E-state index contributed by atoms with van der Waals surface area (Å²) in [5.74, 6) is 1.34. The SMILES string of the molecule is Cc1cc(C)n(CCc2nc3cc(NC(=O)C4CCCCC4)ccc3n2C)n1. The molecule has 1 aliphatic rings. The lowest BCUT2D eigenvalue weighted by atomic mass is 9.88. The largest absolute Gasteiger partial charge is 0.331 e. The summed E-state index contributed by atoms with van der Waals surface area (Å²) in [5.41, 5.74) is 5.06. The van der Waals surface area contributed by atoms with Crippen LogP contribution in [-0.2, 0) is 24.8 Å². The Morgan fingerprint density at radius 1 is 1.18 bits per heavy atom. The summed E-state index contributed by atoms with van der Waals surface area (Å²) in [6.07, 6.45) is 6.41. The lowest BCUT2D eigenvalue weighted by Gasteiger charge is -2.20. The average molecular weight is 380 g/mol. The van der Waals surface area contributed by atoms with Crippen LogP contribution in [0.4, 0.5) is 5.69 Å². The second-order valence-electron chi connectivity index (χ2n) is 8.01. The van der Waals surface area contributed by atoms with Gasteiger partial charge in [0.2, 0.25) is 5.91 Å². The average Bonchev–Trinajstić information content (AvgIpc) is 3.18. The summed E-state index contributed by atoms with van der Waals surface area (Å²) in [7, 11) is 2.05. The molecule has 6 heteroatoms. The van der Waals surface area contributed by atoms with Crippen LogP contribution in [0.15, 0.2) is 24.3 Å². The third-order valence-corrected chi connectivity index (χ3v) is 5.87. The van der Waals surface area contributed by atoms with Crippen LogP contribution in [0, 0.1) is 19.8 Å². The van der Waals surface area contributed by atoms with Crippen LogP contribution in [0.25, 0.3) is 11.0 Å². The fraction of sp³-hybridized carbons (Fsp3) is 0.500. The van der Waals surface area contributed by atoms with Crippen LogP contribution >= 0.6 is 0 Å². The molecule has 28 heavy (non-hydrogen) atoms. The smallest absolute Gasteiger partial charge is 0.227 e. The number of carbonyl (C=O) groups excluding carboxylic acids is 1. The van der Waals surface area contributed by atoms with Crippen molar-refractivity contribution in [3.05, 3.63) is 41.5 Å². The van der Waals surface area contributed by atoms with Gasteiger partial charge in [0.15, 0.2) is 0 Å². The van der Waals surface area contributed by atoms with Crippen molar-refractivity contribution in [1.29, 1.82) is 0 Å². The summed E-state index contributed by atoms with van der Waals surface area (Å²) in [6.45, 7) is 4.90. The highest BCUT2D eigenvalue weighted by Gasteiger charge is 2.21. The molecule has 0 saturated heterocycles. The Balaban J connectivity index is 1.48. The van der Waals surface area contributed by atoms with Gasteiger partial charge in [-0.25, -0.2) is 4.98 Å². The van der Waals surface area contributed by atoms with Gasteiger partial charge in [0, 0.05) is 37.3 Å². The number of imidazole rings is 1. The summed E-state index contributed by atoms with van der Waals surface area (Å²) >= 11 is 0. The first-order valence-corrected chi connectivity index (χ1v) is 10.3. The van der Waals surface area contributed by atoms with Crippen LogP contribution < -0.4 is 5.32 Å². The minimum absolute atomic E-state index is 0.153.